The van der Waals surface area contributed by atoms with Crippen LogP contribution in [-0.2, 0) is 17.1 Å². The van der Waals surface area contributed by atoms with Gasteiger partial charge in [-0.1, -0.05) is 0 Å². The van der Waals surface area contributed by atoms with Crippen molar-refractivity contribution in [2.75, 3.05) is 6.66 Å². The summed E-state index contributed by atoms with van der Waals surface area (Å²) in [5.41, 5.74) is 0. The van der Waals surface area contributed by atoms with Gasteiger partial charge in [-0.25, -0.2) is 0 Å². The third kappa shape index (κ3) is 103. The van der Waals surface area contributed by atoms with Crippen LogP contribution in [0.1, 0.15) is 0 Å². The predicted molar refractivity (Wildman–Crippen MR) is 19.5 cm³/mol. The summed E-state index contributed by atoms with van der Waals surface area (Å²) in [6, 6.07) is 0. The molecule has 0 aliphatic heterocycles. The Bertz CT molecular complexity index is 26.3. The van der Waals surface area contributed by atoms with Gasteiger partial charge in [0.25, 0.3) is 0 Å². The maximum atomic E-state index is 7.74. The van der Waals surface area contributed by atoms with Gasteiger partial charge in [0.15, 0.2) is 0 Å². The van der Waals surface area contributed by atoms with E-state index in [-0.39, 0.29) is 17.1 Å². The summed E-state index contributed by atoms with van der Waals surface area (Å²) in [6.45, 7) is 0.965. The van der Waals surface area contributed by atoms with Gasteiger partial charge in [0.05, 0.1) is 0 Å². The molecule has 0 atom stereocenters. The van der Waals surface area contributed by atoms with E-state index in [1.165, 1.54) is 0 Å². The minimum atomic E-state index is -3.39. The molecule has 0 heterocycles. The summed E-state index contributed by atoms with van der Waals surface area (Å²) in [7, 11) is -3.39. The molecule has 5 heteroatoms. The fourth-order valence-corrected chi connectivity index (χ4v) is 0. The minimum absolute atomic E-state index is 0. The summed E-state index contributed by atoms with van der Waals surface area (Å²) in [5, 5.41) is 0. The molecule has 0 unspecified atom stereocenters. The first kappa shape index (κ1) is 9.95. The molecule has 39 valence electrons. The van der Waals surface area contributed by atoms with Gasteiger partial charge in [0.1, 0.15) is 6.66 Å². The van der Waals surface area contributed by atoms with E-state index in [9.17, 15) is 0 Å². The molecule has 0 aromatic rings. The Balaban J connectivity index is 0. The standard InChI is InChI=1S/CH6O3P.Mn/c1-5(2,3)4;/h2-4H,1H3;/q+1;. The molecule has 0 bridgehead atoms. The van der Waals surface area contributed by atoms with Gasteiger partial charge in [-0.2, -0.15) is 14.7 Å². The van der Waals surface area contributed by atoms with Gasteiger partial charge in [-0.3, -0.25) is 0 Å². The molecular weight excluding hydrogens is 146 g/mol. The molecule has 1 radical (unpaired) electrons. The second-order valence-electron chi connectivity index (χ2n) is 0.868. The Morgan fingerprint density at radius 1 is 1.17 bits per heavy atom. The van der Waals surface area contributed by atoms with Crippen molar-refractivity contribution in [1.29, 1.82) is 0 Å². The van der Waals surface area contributed by atoms with Crippen LogP contribution in [0, 0.1) is 0 Å². The van der Waals surface area contributed by atoms with Crippen LogP contribution < -0.4 is 0 Å². The zero-order valence-electron chi connectivity index (χ0n) is 3.17. The fourth-order valence-electron chi connectivity index (χ4n) is 0. The summed E-state index contributed by atoms with van der Waals surface area (Å²) in [5.74, 6) is 0. The first-order chi connectivity index (χ1) is 2.00. The van der Waals surface area contributed by atoms with Gasteiger partial charge in [-0.15, -0.1) is 0 Å². The van der Waals surface area contributed by atoms with Gasteiger partial charge in [0, 0.05) is 17.1 Å². The molecule has 6 heavy (non-hydrogen) atoms. The Morgan fingerprint density at radius 2 is 1.17 bits per heavy atom. The Morgan fingerprint density at radius 3 is 1.17 bits per heavy atom. The molecule has 0 aliphatic carbocycles. The molecular formula is CH6MnO3P+. The molecule has 0 saturated carbocycles. The summed E-state index contributed by atoms with van der Waals surface area (Å²) < 4.78 is 0. The second kappa shape index (κ2) is 2.92. The van der Waals surface area contributed by atoms with Crippen LogP contribution in [0.15, 0.2) is 0 Å². The van der Waals surface area contributed by atoms with Gasteiger partial charge >= 0.3 is 7.94 Å². The van der Waals surface area contributed by atoms with Crippen molar-refractivity contribution < 1.29 is 31.7 Å². The molecule has 3 nitrogen and oxygen atoms in total. The van der Waals surface area contributed by atoms with E-state index in [0.717, 1.165) is 6.66 Å². The van der Waals surface area contributed by atoms with Gasteiger partial charge in [0.2, 0.25) is 0 Å². The van der Waals surface area contributed by atoms with E-state index >= 15 is 0 Å². The quantitative estimate of drug-likeness (QED) is 0.319. The topological polar surface area (TPSA) is 60.7 Å². The molecule has 0 aromatic heterocycles. The molecule has 0 saturated heterocycles. The average Bonchev–Trinajstić information content (AvgIpc) is 0.722. The zero-order valence-corrected chi connectivity index (χ0v) is 5.24. The second-order valence-corrected chi connectivity index (χ2v) is 2.60. The molecule has 0 spiro atoms. The van der Waals surface area contributed by atoms with E-state index in [1.807, 2.05) is 0 Å². The summed E-state index contributed by atoms with van der Waals surface area (Å²) in [4.78, 5) is 23.2. The summed E-state index contributed by atoms with van der Waals surface area (Å²) in [6.07, 6.45) is 0. The van der Waals surface area contributed by atoms with E-state index < -0.39 is 7.94 Å². The molecule has 0 aliphatic rings. The Hall–Kier alpha value is 0.829. The SMILES string of the molecule is C[P+](O)(O)O.[Mn]. The third-order valence-corrected chi connectivity index (χ3v) is 0. The average molecular weight is 152 g/mol. The normalized spacial score (nSPS) is 10.0. The fraction of sp³-hybridized carbons (Fsp3) is 1.00. The molecule has 0 rings (SSSR count). The van der Waals surface area contributed by atoms with Gasteiger partial charge < -0.3 is 0 Å². The molecule has 3 N–H and O–H groups in total. The number of rotatable bonds is 0. The smallest absolute Gasteiger partial charge is 0.193 e. The van der Waals surface area contributed by atoms with Crippen LogP contribution >= 0.6 is 7.94 Å². The van der Waals surface area contributed by atoms with Crippen molar-refractivity contribution in [2.45, 2.75) is 0 Å². The van der Waals surface area contributed by atoms with E-state index in [2.05, 4.69) is 0 Å². The van der Waals surface area contributed by atoms with Gasteiger partial charge in [-0.05, 0) is 0 Å². The van der Waals surface area contributed by atoms with Crippen molar-refractivity contribution in [3.05, 3.63) is 0 Å². The summed E-state index contributed by atoms with van der Waals surface area (Å²) >= 11 is 0. The first-order valence-electron chi connectivity index (χ1n) is 1.05. The van der Waals surface area contributed by atoms with Crippen molar-refractivity contribution in [3.8, 4) is 0 Å². The molecule has 0 fully saturated rings. The van der Waals surface area contributed by atoms with Crippen molar-refractivity contribution in [3.63, 3.8) is 0 Å². The largest absolute Gasteiger partial charge is 0.400 e. The third-order valence-electron chi connectivity index (χ3n) is 0. The van der Waals surface area contributed by atoms with Crippen LogP contribution in [0.25, 0.3) is 0 Å². The number of hydrogen-bond donors (Lipinski definition) is 3. The zero-order chi connectivity index (χ0) is 4.50. The van der Waals surface area contributed by atoms with Crippen LogP contribution in [0.4, 0.5) is 0 Å². The van der Waals surface area contributed by atoms with E-state index in [0.29, 0.717) is 0 Å². The van der Waals surface area contributed by atoms with E-state index in [1.54, 1.807) is 0 Å². The maximum absolute atomic E-state index is 7.74. The predicted octanol–water partition coefficient (Wildman–Crippen LogP) is -0.647. The van der Waals surface area contributed by atoms with Crippen LogP contribution in [0.2, 0.25) is 0 Å². The maximum Gasteiger partial charge on any atom is 0.400 e. The van der Waals surface area contributed by atoms with E-state index in [4.69, 9.17) is 14.7 Å². The monoisotopic (exact) mass is 152 g/mol. The first-order valence-corrected chi connectivity index (χ1v) is 3.14. The van der Waals surface area contributed by atoms with Crippen LogP contribution in [0.3, 0.4) is 0 Å². The van der Waals surface area contributed by atoms with Crippen LogP contribution in [-0.4, -0.2) is 21.3 Å². The van der Waals surface area contributed by atoms with Crippen LogP contribution in [0.5, 0.6) is 0 Å². The van der Waals surface area contributed by atoms with Crippen molar-refractivity contribution in [2.24, 2.45) is 0 Å². The van der Waals surface area contributed by atoms with Crippen molar-refractivity contribution >= 4 is 7.94 Å². The Kier molecular flexibility index (Phi) is 4.83. The Labute approximate surface area is 47.1 Å². The number of hydrogen-bond acceptors (Lipinski definition) is 3. The van der Waals surface area contributed by atoms with Crippen molar-refractivity contribution in [1.82, 2.24) is 0 Å². The minimum Gasteiger partial charge on any atom is -0.193 e. The molecule has 0 amide bonds. The molecule has 0 aromatic carbocycles.